The van der Waals surface area contributed by atoms with Crippen molar-refractivity contribution in [2.24, 2.45) is 5.92 Å². The number of H-pyrrole nitrogens is 1. The topological polar surface area (TPSA) is 169 Å². The van der Waals surface area contributed by atoms with Crippen molar-refractivity contribution in [3.63, 3.8) is 0 Å². The molecule has 296 valence electrons. The van der Waals surface area contributed by atoms with Gasteiger partial charge in [-0.1, -0.05) is 41.9 Å². The molecule has 2 unspecified atom stereocenters. The minimum Gasteiger partial charge on any atom is -0.455 e. The van der Waals surface area contributed by atoms with Crippen LogP contribution in [0.2, 0.25) is 5.02 Å². The summed E-state index contributed by atoms with van der Waals surface area (Å²) in [5.74, 6) is 0.233. The Labute approximate surface area is 335 Å². The monoisotopic (exact) mass is 810 g/mol. The molecule has 8 rings (SSSR count). The third-order valence-corrected chi connectivity index (χ3v) is 13.0. The van der Waals surface area contributed by atoms with Crippen LogP contribution in [0.5, 0.6) is 11.5 Å². The number of pyridine rings is 1. The number of sulfonamides is 1. The SMILES string of the molecule is O=C(NS(=O)(=O)c1ccc(NCC2CCOCC2)c([N+](=O)[O-])c1)c1ccc(C2=CCC(N3CCC(c4ccccc4Cl)C3)CC2)cc1Oc1cnc2[nH]ccc2c1. The molecule has 2 atom stereocenters. The van der Waals surface area contributed by atoms with Crippen molar-refractivity contribution in [3.8, 4) is 11.5 Å². The first-order chi connectivity index (χ1) is 27.6. The number of allylic oxidation sites excluding steroid dienone is 1. The smallest absolute Gasteiger partial charge is 0.293 e. The molecule has 15 heteroatoms. The molecule has 2 saturated heterocycles. The maximum atomic E-state index is 13.8. The lowest BCUT2D eigenvalue weighted by molar-refractivity contribution is -0.384. The second-order valence-corrected chi connectivity index (χ2v) is 17.0. The highest BCUT2D eigenvalue weighted by Crippen LogP contribution is 2.38. The standard InChI is InChI=1S/C42H43ClN6O7S/c43-37-4-2-1-3-35(37)31-14-18-48(26-31)32-8-5-28(6-9-32)29-7-11-36(40(22-29)56-33-21-30-13-17-44-41(30)46-25-33)42(50)47-57(53,54)34-10-12-38(39(23-34)49(51)52)45-24-27-15-19-55-20-16-27/h1-5,7,10-13,17,21-23,25,27,31-32,45H,6,8-9,14-16,18-20,24,26H2,(H,44,46)(H,47,50). The first kappa shape index (κ1) is 38.6. The quantitative estimate of drug-likeness (QED) is 0.0823. The van der Waals surface area contributed by atoms with Gasteiger partial charge in [0, 0.05) is 55.0 Å². The van der Waals surface area contributed by atoms with Crippen LogP contribution in [0.3, 0.4) is 0 Å². The zero-order valence-electron chi connectivity index (χ0n) is 31.2. The molecule has 3 N–H and O–H groups in total. The van der Waals surface area contributed by atoms with Crippen molar-refractivity contribution < 1.29 is 27.6 Å². The van der Waals surface area contributed by atoms with Gasteiger partial charge in [-0.15, -0.1) is 0 Å². The summed E-state index contributed by atoms with van der Waals surface area (Å²) in [7, 11) is -4.54. The highest BCUT2D eigenvalue weighted by atomic mass is 35.5. The number of carbonyl (C=O) groups is 1. The summed E-state index contributed by atoms with van der Waals surface area (Å²) in [5, 5.41) is 16.7. The van der Waals surface area contributed by atoms with E-state index >= 15 is 0 Å². The van der Waals surface area contributed by atoms with Crippen molar-refractivity contribution in [1.29, 1.82) is 0 Å². The average molecular weight is 811 g/mol. The first-order valence-electron chi connectivity index (χ1n) is 19.2. The zero-order valence-corrected chi connectivity index (χ0v) is 32.7. The minimum absolute atomic E-state index is 0.0299. The summed E-state index contributed by atoms with van der Waals surface area (Å²) in [4.78, 5) is 34.8. The number of aromatic amines is 1. The summed E-state index contributed by atoms with van der Waals surface area (Å²) in [6, 6.07) is 20.8. The Balaban J connectivity index is 1.01. The Morgan fingerprint density at radius 3 is 2.68 bits per heavy atom. The Bertz CT molecular complexity index is 2450. The van der Waals surface area contributed by atoms with Crippen LogP contribution in [0.1, 0.15) is 65.9 Å². The molecule has 0 spiro atoms. The molecule has 1 amide bonds. The fraction of sp³-hybridized carbons (Fsp3) is 0.333. The molecule has 2 fully saturated rings. The third-order valence-electron chi connectivity index (χ3n) is 11.3. The second-order valence-electron chi connectivity index (χ2n) is 14.9. The molecule has 2 aliphatic heterocycles. The van der Waals surface area contributed by atoms with Crippen molar-refractivity contribution >= 4 is 55.5 Å². The van der Waals surface area contributed by atoms with Crippen LogP contribution in [0.4, 0.5) is 11.4 Å². The fourth-order valence-electron chi connectivity index (χ4n) is 8.11. The molecule has 2 aromatic heterocycles. The molecule has 0 saturated carbocycles. The van der Waals surface area contributed by atoms with E-state index in [2.05, 4.69) is 37.0 Å². The van der Waals surface area contributed by atoms with Gasteiger partial charge >= 0.3 is 0 Å². The predicted molar refractivity (Wildman–Crippen MR) is 218 cm³/mol. The summed E-state index contributed by atoms with van der Waals surface area (Å²) < 4.78 is 41.0. The summed E-state index contributed by atoms with van der Waals surface area (Å²) in [6.07, 6.45) is 10.9. The lowest BCUT2D eigenvalue weighted by Gasteiger charge is -2.31. The Morgan fingerprint density at radius 1 is 1.05 bits per heavy atom. The highest BCUT2D eigenvalue weighted by Gasteiger charge is 2.32. The van der Waals surface area contributed by atoms with E-state index in [1.54, 1.807) is 30.5 Å². The van der Waals surface area contributed by atoms with Gasteiger partial charge in [0.2, 0.25) is 0 Å². The molecule has 3 aromatic carbocycles. The third kappa shape index (κ3) is 8.69. The van der Waals surface area contributed by atoms with E-state index in [1.807, 2.05) is 24.3 Å². The largest absolute Gasteiger partial charge is 0.455 e. The van der Waals surface area contributed by atoms with E-state index in [0.29, 0.717) is 43.1 Å². The number of nitrogens with one attached hydrogen (secondary N) is 3. The van der Waals surface area contributed by atoms with Gasteiger partial charge in [-0.05, 0) is 116 Å². The second kappa shape index (κ2) is 16.7. The first-order valence-corrected chi connectivity index (χ1v) is 21.1. The van der Waals surface area contributed by atoms with Crippen LogP contribution in [0.25, 0.3) is 16.6 Å². The van der Waals surface area contributed by atoms with Gasteiger partial charge in [0.1, 0.15) is 22.8 Å². The number of aromatic nitrogens is 2. The van der Waals surface area contributed by atoms with E-state index in [1.165, 1.54) is 23.9 Å². The molecule has 5 aromatic rings. The number of halogens is 1. The number of nitro groups is 1. The number of likely N-dealkylation sites (tertiary alicyclic amines) is 1. The van der Waals surface area contributed by atoms with E-state index in [-0.39, 0.29) is 22.9 Å². The van der Waals surface area contributed by atoms with Gasteiger partial charge in [-0.3, -0.25) is 19.8 Å². The van der Waals surface area contributed by atoms with Crippen molar-refractivity contribution in [3.05, 3.63) is 123 Å². The molecular formula is C42H43ClN6O7S. The number of ether oxygens (including phenoxy) is 2. The van der Waals surface area contributed by atoms with Crippen LogP contribution in [0.15, 0.2) is 96.2 Å². The zero-order chi connectivity index (χ0) is 39.5. The van der Waals surface area contributed by atoms with Crippen LogP contribution in [0, 0.1) is 16.0 Å². The average Bonchev–Trinajstić information content (AvgIpc) is 3.91. The minimum atomic E-state index is -4.54. The van der Waals surface area contributed by atoms with Gasteiger partial charge in [0.15, 0.2) is 0 Å². The molecule has 4 heterocycles. The van der Waals surface area contributed by atoms with E-state index < -0.39 is 31.4 Å². The summed E-state index contributed by atoms with van der Waals surface area (Å²) in [6.45, 7) is 3.72. The maximum absolute atomic E-state index is 13.8. The van der Waals surface area contributed by atoms with Gasteiger partial charge < -0.3 is 19.8 Å². The molecule has 0 radical (unpaired) electrons. The fourth-order valence-corrected chi connectivity index (χ4v) is 9.39. The van der Waals surface area contributed by atoms with Crippen molar-refractivity contribution in [2.75, 3.05) is 38.2 Å². The number of benzene rings is 3. The number of hydrogen-bond donors (Lipinski definition) is 3. The molecule has 0 bridgehead atoms. The van der Waals surface area contributed by atoms with Gasteiger partial charge in [0.05, 0.1) is 21.6 Å². The number of nitrogens with zero attached hydrogens (tertiary/aromatic N) is 3. The van der Waals surface area contributed by atoms with E-state index in [9.17, 15) is 23.3 Å². The van der Waals surface area contributed by atoms with Crippen LogP contribution in [-0.2, 0) is 14.8 Å². The molecule has 3 aliphatic rings. The summed E-state index contributed by atoms with van der Waals surface area (Å²) >= 11 is 6.53. The normalized spacial score (nSPS) is 19.3. The number of hydrogen-bond acceptors (Lipinski definition) is 10. The van der Waals surface area contributed by atoms with Crippen LogP contribution in [-0.4, -0.2) is 73.0 Å². The summed E-state index contributed by atoms with van der Waals surface area (Å²) in [5.41, 5.74) is 3.59. The lowest BCUT2D eigenvalue weighted by atomic mass is 9.89. The number of carbonyl (C=O) groups excluding carboxylic acids is 1. The maximum Gasteiger partial charge on any atom is 0.293 e. The predicted octanol–water partition coefficient (Wildman–Crippen LogP) is 8.30. The Hall–Kier alpha value is -5.28. The molecular weight excluding hydrogens is 768 g/mol. The van der Waals surface area contributed by atoms with Crippen LogP contribution >= 0.6 is 11.6 Å². The van der Waals surface area contributed by atoms with Gasteiger partial charge in [-0.25, -0.2) is 18.1 Å². The van der Waals surface area contributed by atoms with Crippen LogP contribution < -0.4 is 14.8 Å². The molecule has 57 heavy (non-hydrogen) atoms. The number of rotatable bonds is 12. The Kier molecular flexibility index (Phi) is 11.3. The van der Waals surface area contributed by atoms with Gasteiger partial charge in [-0.2, -0.15) is 0 Å². The van der Waals surface area contributed by atoms with Gasteiger partial charge in [0.25, 0.3) is 21.6 Å². The Morgan fingerprint density at radius 2 is 1.89 bits per heavy atom. The highest BCUT2D eigenvalue weighted by molar-refractivity contribution is 7.90. The number of amides is 1. The van der Waals surface area contributed by atoms with Crippen molar-refractivity contribution in [1.82, 2.24) is 19.6 Å². The molecule has 13 nitrogen and oxygen atoms in total. The van der Waals surface area contributed by atoms with E-state index in [0.717, 1.165) is 79.2 Å². The number of anilines is 1. The van der Waals surface area contributed by atoms with Crippen molar-refractivity contribution in [2.45, 2.75) is 55.4 Å². The lowest BCUT2D eigenvalue weighted by Crippen LogP contribution is -2.34. The molecule has 1 aliphatic carbocycles. The van der Waals surface area contributed by atoms with E-state index in [4.69, 9.17) is 21.1 Å². The number of nitro benzene ring substituents is 1. The number of fused-ring (bicyclic) bond motifs is 1.